The Kier molecular flexibility index (Phi) is 6.56. The van der Waals surface area contributed by atoms with Gasteiger partial charge in [-0.15, -0.1) is 0 Å². The molecule has 0 aliphatic carbocycles. The van der Waals surface area contributed by atoms with Gasteiger partial charge in [0.25, 0.3) is 5.91 Å². The van der Waals surface area contributed by atoms with E-state index in [-0.39, 0.29) is 11.9 Å². The summed E-state index contributed by atoms with van der Waals surface area (Å²) < 4.78 is 13.5. The van der Waals surface area contributed by atoms with Crippen LogP contribution in [0.4, 0.5) is 4.39 Å². The van der Waals surface area contributed by atoms with E-state index in [4.69, 9.17) is 0 Å². The number of rotatable bonds is 6. The van der Waals surface area contributed by atoms with Crippen LogP contribution >= 0.6 is 0 Å². The Morgan fingerprint density at radius 2 is 2.00 bits per heavy atom. The van der Waals surface area contributed by atoms with Crippen LogP contribution in [0.5, 0.6) is 0 Å². The van der Waals surface area contributed by atoms with Gasteiger partial charge in [0.1, 0.15) is 5.82 Å². The zero-order valence-electron chi connectivity index (χ0n) is 16.1. The summed E-state index contributed by atoms with van der Waals surface area (Å²) in [6.07, 6.45) is 3.78. The van der Waals surface area contributed by atoms with Crippen molar-refractivity contribution in [3.63, 3.8) is 0 Å². The molecule has 1 aromatic carbocycles. The van der Waals surface area contributed by atoms with E-state index in [1.807, 2.05) is 18.2 Å². The van der Waals surface area contributed by atoms with Gasteiger partial charge < -0.3 is 10.2 Å². The number of likely N-dealkylation sites (tertiary alicyclic amines) is 1. The molecule has 5 heteroatoms. The summed E-state index contributed by atoms with van der Waals surface area (Å²) in [5.41, 5.74) is 1.21. The van der Waals surface area contributed by atoms with Gasteiger partial charge in [-0.25, -0.2) is 4.39 Å². The lowest BCUT2D eigenvalue weighted by molar-refractivity contribution is 0.0886. The van der Waals surface area contributed by atoms with Gasteiger partial charge in [0, 0.05) is 18.3 Å². The van der Waals surface area contributed by atoms with Crippen molar-refractivity contribution in [1.29, 1.82) is 0 Å². The van der Waals surface area contributed by atoms with E-state index in [0.717, 1.165) is 38.2 Å². The third-order valence-electron chi connectivity index (χ3n) is 5.11. The highest BCUT2D eigenvalue weighted by Crippen LogP contribution is 2.30. The summed E-state index contributed by atoms with van der Waals surface area (Å²) in [4.78, 5) is 19.7. The average Bonchev–Trinajstić information content (AvgIpc) is 2.67. The summed E-state index contributed by atoms with van der Waals surface area (Å²) in [6.45, 7) is 7.64. The molecule has 1 N–H and O–H groups in total. The summed E-state index contributed by atoms with van der Waals surface area (Å²) in [5.74, 6) is 0.315. The molecular formula is C22H28FN3O. The van der Waals surface area contributed by atoms with Crippen molar-refractivity contribution in [3.05, 3.63) is 65.7 Å². The molecule has 1 saturated heterocycles. The number of aromatic nitrogens is 1. The van der Waals surface area contributed by atoms with Gasteiger partial charge in [0.15, 0.2) is 0 Å². The largest absolute Gasteiger partial charge is 0.343 e. The number of amides is 1. The Labute approximate surface area is 160 Å². The van der Waals surface area contributed by atoms with E-state index >= 15 is 0 Å². The van der Waals surface area contributed by atoms with E-state index in [2.05, 4.69) is 29.0 Å². The highest BCUT2D eigenvalue weighted by atomic mass is 19.1. The predicted octanol–water partition coefficient (Wildman–Crippen LogP) is 4.06. The lowest BCUT2D eigenvalue weighted by Crippen LogP contribution is -2.42. The molecule has 3 rings (SSSR count). The molecule has 1 aliphatic rings. The number of hydrogen-bond acceptors (Lipinski definition) is 3. The minimum atomic E-state index is -0.404. The van der Waals surface area contributed by atoms with Gasteiger partial charge in [-0.1, -0.05) is 26.0 Å². The maximum absolute atomic E-state index is 13.5. The number of piperidine rings is 1. The molecule has 1 atom stereocenters. The van der Waals surface area contributed by atoms with Crippen LogP contribution in [0, 0.1) is 17.7 Å². The summed E-state index contributed by atoms with van der Waals surface area (Å²) in [5, 5.41) is 3.12. The molecule has 144 valence electrons. The second kappa shape index (κ2) is 9.09. The molecule has 0 radical (unpaired) electrons. The third-order valence-corrected chi connectivity index (χ3v) is 5.11. The number of carbonyl (C=O) groups is 1. The maximum Gasteiger partial charge on any atom is 0.251 e. The number of nitrogens with zero attached hydrogens (tertiary/aromatic N) is 2. The molecule has 4 nitrogen and oxygen atoms in total. The molecule has 0 saturated carbocycles. The first kappa shape index (κ1) is 19.5. The van der Waals surface area contributed by atoms with Crippen LogP contribution in [0.15, 0.2) is 48.7 Å². The Balaban J connectivity index is 1.74. The van der Waals surface area contributed by atoms with Gasteiger partial charge in [-0.2, -0.15) is 0 Å². The van der Waals surface area contributed by atoms with Crippen molar-refractivity contribution in [2.24, 2.45) is 11.8 Å². The smallest absolute Gasteiger partial charge is 0.251 e. The molecular weight excluding hydrogens is 341 g/mol. The van der Waals surface area contributed by atoms with Gasteiger partial charge in [0.05, 0.1) is 11.7 Å². The SMILES string of the molecule is CC(C)CN1CCC(C(NC(=O)c2cccc(F)c2)c2ccccn2)CC1. The zero-order chi connectivity index (χ0) is 19.2. The normalized spacial score (nSPS) is 17.0. The lowest BCUT2D eigenvalue weighted by Gasteiger charge is -2.36. The van der Waals surface area contributed by atoms with E-state index in [0.29, 0.717) is 17.4 Å². The summed E-state index contributed by atoms with van der Waals surface area (Å²) in [6, 6.07) is 11.4. The van der Waals surface area contributed by atoms with Crippen molar-refractivity contribution in [1.82, 2.24) is 15.2 Å². The molecule has 0 bridgehead atoms. The number of pyridine rings is 1. The second-order valence-electron chi connectivity index (χ2n) is 7.75. The fourth-order valence-corrected chi connectivity index (χ4v) is 3.83. The van der Waals surface area contributed by atoms with E-state index < -0.39 is 5.82 Å². The van der Waals surface area contributed by atoms with Gasteiger partial charge in [-0.05, 0) is 68.1 Å². The number of halogens is 1. The lowest BCUT2D eigenvalue weighted by atomic mass is 9.86. The number of benzene rings is 1. The van der Waals surface area contributed by atoms with Crippen LogP contribution < -0.4 is 5.32 Å². The Hall–Kier alpha value is -2.27. The number of hydrogen-bond donors (Lipinski definition) is 1. The minimum absolute atomic E-state index is 0.164. The van der Waals surface area contributed by atoms with E-state index in [1.165, 1.54) is 12.1 Å². The molecule has 2 heterocycles. The van der Waals surface area contributed by atoms with Crippen LogP contribution in [0.3, 0.4) is 0 Å². The quantitative estimate of drug-likeness (QED) is 0.835. The molecule has 2 aromatic rings. The van der Waals surface area contributed by atoms with Gasteiger partial charge in [0.2, 0.25) is 0 Å². The molecule has 27 heavy (non-hydrogen) atoms. The van der Waals surface area contributed by atoms with Crippen molar-refractivity contribution >= 4 is 5.91 Å². The molecule has 1 aromatic heterocycles. The van der Waals surface area contributed by atoms with Crippen LogP contribution in [-0.4, -0.2) is 35.4 Å². The first-order valence-electron chi connectivity index (χ1n) is 9.72. The van der Waals surface area contributed by atoms with Crippen LogP contribution in [0.1, 0.15) is 48.8 Å². The molecule has 1 fully saturated rings. The fourth-order valence-electron chi connectivity index (χ4n) is 3.83. The fraction of sp³-hybridized carbons (Fsp3) is 0.455. The maximum atomic E-state index is 13.5. The Morgan fingerprint density at radius 3 is 2.63 bits per heavy atom. The summed E-state index contributed by atoms with van der Waals surface area (Å²) >= 11 is 0. The number of carbonyl (C=O) groups excluding carboxylic acids is 1. The Bertz CT molecular complexity index is 742. The number of nitrogens with one attached hydrogen (secondary N) is 1. The monoisotopic (exact) mass is 369 g/mol. The van der Waals surface area contributed by atoms with Crippen LogP contribution in [0.2, 0.25) is 0 Å². The first-order valence-corrected chi connectivity index (χ1v) is 9.72. The van der Waals surface area contributed by atoms with Crippen molar-refractivity contribution in [2.45, 2.75) is 32.7 Å². The van der Waals surface area contributed by atoms with E-state index in [9.17, 15) is 9.18 Å². The second-order valence-corrected chi connectivity index (χ2v) is 7.75. The predicted molar refractivity (Wildman–Crippen MR) is 105 cm³/mol. The zero-order valence-corrected chi connectivity index (χ0v) is 16.1. The van der Waals surface area contributed by atoms with Crippen molar-refractivity contribution < 1.29 is 9.18 Å². The highest BCUT2D eigenvalue weighted by molar-refractivity contribution is 5.94. The standard InChI is InChI=1S/C22H28FN3O/c1-16(2)15-26-12-9-17(10-13-26)21(20-8-3-4-11-24-20)25-22(27)18-6-5-7-19(23)14-18/h3-8,11,14,16-17,21H,9-10,12-13,15H2,1-2H3,(H,25,27). The third kappa shape index (κ3) is 5.36. The minimum Gasteiger partial charge on any atom is -0.343 e. The topological polar surface area (TPSA) is 45.2 Å². The highest BCUT2D eigenvalue weighted by Gasteiger charge is 2.30. The summed E-state index contributed by atoms with van der Waals surface area (Å²) in [7, 11) is 0. The van der Waals surface area contributed by atoms with E-state index in [1.54, 1.807) is 18.3 Å². The molecule has 1 aliphatic heterocycles. The molecule has 1 amide bonds. The Morgan fingerprint density at radius 1 is 1.22 bits per heavy atom. The average molecular weight is 369 g/mol. The molecule has 1 unspecified atom stereocenters. The van der Waals surface area contributed by atoms with Crippen LogP contribution in [0.25, 0.3) is 0 Å². The molecule has 0 spiro atoms. The van der Waals surface area contributed by atoms with Gasteiger partial charge in [-0.3, -0.25) is 9.78 Å². The van der Waals surface area contributed by atoms with Crippen LogP contribution in [-0.2, 0) is 0 Å². The van der Waals surface area contributed by atoms with Gasteiger partial charge >= 0.3 is 0 Å². The van der Waals surface area contributed by atoms with Crippen molar-refractivity contribution in [2.75, 3.05) is 19.6 Å². The van der Waals surface area contributed by atoms with Crippen molar-refractivity contribution in [3.8, 4) is 0 Å². The first-order chi connectivity index (χ1) is 13.0.